The number of nitrogens with two attached hydrogens (primary N) is 4. The van der Waals surface area contributed by atoms with Crippen molar-refractivity contribution in [3.05, 3.63) is 95.1 Å². The van der Waals surface area contributed by atoms with Crippen LogP contribution in [0.5, 0.6) is 0 Å². The lowest BCUT2D eigenvalue weighted by Gasteiger charge is -2.36. The molecule has 0 spiro atoms. The number of aromatic nitrogens is 4. The second-order valence-electron chi connectivity index (χ2n) is 20.8. The number of benzene rings is 4. The molecule has 0 saturated carbocycles. The molecule has 2 amide bonds. The van der Waals surface area contributed by atoms with E-state index < -0.39 is 0 Å². The average molecular weight is 1240 g/mol. The summed E-state index contributed by atoms with van der Waals surface area (Å²) in [5.74, 6) is -0.210. The molecule has 10 N–H and O–H groups in total. The van der Waals surface area contributed by atoms with E-state index in [9.17, 15) is 9.59 Å². The molecule has 27 heteroatoms. The zero-order chi connectivity index (χ0) is 61.2. The summed E-state index contributed by atoms with van der Waals surface area (Å²) in [5, 5.41) is 8.48. The van der Waals surface area contributed by atoms with E-state index in [1.165, 1.54) is 0 Å². The van der Waals surface area contributed by atoms with Crippen molar-refractivity contribution in [3.8, 4) is 22.4 Å². The van der Waals surface area contributed by atoms with Crippen molar-refractivity contribution in [1.82, 2.24) is 45.3 Å². The van der Waals surface area contributed by atoms with E-state index in [1.54, 1.807) is 24.2 Å². The molecule has 0 aliphatic carbocycles. The fraction of sp³-hybridized carbons (Fsp3) is 0.467. The van der Waals surface area contributed by atoms with Crippen molar-refractivity contribution in [3.63, 3.8) is 0 Å². The van der Waals surface area contributed by atoms with Crippen molar-refractivity contribution < 1.29 is 38.0 Å². The maximum atomic E-state index is 12.4. The van der Waals surface area contributed by atoms with Crippen LogP contribution >= 0.6 is 23.2 Å². The highest BCUT2D eigenvalue weighted by Crippen LogP contribution is 2.36. The number of amides is 2. The molecule has 2 aliphatic heterocycles. The number of ether oxygens (including phenoxy) is 6. The fourth-order valence-electron chi connectivity index (χ4n) is 9.93. The van der Waals surface area contributed by atoms with Crippen LogP contribution in [0.3, 0.4) is 0 Å². The van der Waals surface area contributed by atoms with E-state index in [0.29, 0.717) is 119 Å². The summed E-state index contributed by atoms with van der Waals surface area (Å²) in [4.78, 5) is 61.9. The minimum atomic E-state index is -0.193. The topological polar surface area (TPSA) is 310 Å². The van der Waals surface area contributed by atoms with E-state index in [2.05, 4.69) is 96.6 Å². The van der Waals surface area contributed by atoms with Gasteiger partial charge in [-0.05, 0) is 73.6 Å². The van der Waals surface area contributed by atoms with Gasteiger partial charge in [0.25, 0.3) is 11.9 Å². The van der Waals surface area contributed by atoms with E-state index in [4.69, 9.17) is 74.6 Å². The number of nitrogens with one attached hydrogen (secondary N) is 2. The standard InChI is InChI=1S/C60H81Cl2N17O8/c1-75(42-54(81)68-16-30-85-35-37-87-38-36-86-32-26-77-19-23-79(24-20-77)47-10-5-44(6-11-47)56-48-39-45(61)7-13-51(48)71-60(72-56)74-58(65)66)41-53(80)67-15-29-84-34-33-83-28-2-27-82-31-25-76-17-21-78(22-18-76)46-8-3-43(4-9-46)55-49-40-69-59(73-57(63)64)70-52(49)14-12-50(55)62/h3-14,39-40H,2,15-38,41-42H2,1H3,(H,67,80)(H,68,81)(H4,63,64,69,70,73)(H4,65,66,71,72,74). The van der Waals surface area contributed by atoms with Crippen LogP contribution in [-0.4, -0.2) is 236 Å². The zero-order valence-corrected chi connectivity index (χ0v) is 50.9. The number of nitrogens with zero attached hydrogens (tertiary/aromatic N) is 11. The Labute approximate surface area is 517 Å². The van der Waals surface area contributed by atoms with Crippen molar-refractivity contribution in [1.29, 1.82) is 0 Å². The first-order chi connectivity index (χ1) is 42.3. The van der Waals surface area contributed by atoms with Gasteiger partial charge in [-0.3, -0.25) is 24.3 Å². The Morgan fingerprint density at radius 3 is 1.55 bits per heavy atom. The highest BCUT2D eigenvalue weighted by Gasteiger charge is 2.21. The Morgan fingerprint density at radius 1 is 0.540 bits per heavy atom. The van der Waals surface area contributed by atoms with Gasteiger partial charge in [0.1, 0.15) is 0 Å². The van der Waals surface area contributed by atoms with Crippen LogP contribution in [0.2, 0.25) is 10.0 Å². The highest BCUT2D eigenvalue weighted by molar-refractivity contribution is 6.35. The molecule has 0 radical (unpaired) electrons. The molecular weight excluding hydrogens is 1160 g/mol. The van der Waals surface area contributed by atoms with Crippen LogP contribution in [0.15, 0.2) is 95.0 Å². The molecule has 4 heterocycles. The normalized spacial score (nSPS) is 14.0. The van der Waals surface area contributed by atoms with Gasteiger partial charge in [-0.2, -0.15) is 9.98 Å². The number of halogens is 2. The Balaban J connectivity index is 0.549. The first-order valence-electron chi connectivity index (χ1n) is 29.3. The van der Waals surface area contributed by atoms with Crippen molar-refractivity contribution in [2.24, 2.45) is 32.9 Å². The van der Waals surface area contributed by atoms with Gasteiger partial charge < -0.3 is 71.8 Å². The Hall–Kier alpha value is -7.14. The molecular formula is C60H81Cl2N17O8. The molecule has 4 aromatic carbocycles. The summed E-state index contributed by atoms with van der Waals surface area (Å²) < 4.78 is 34.3. The zero-order valence-electron chi connectivity index (χ0n) is 49.4. The lowest BCUT2D eigenvalue weighted by atomic mass is 10.0. The molecule has 2 aromatic heterocycles. The highest BCUT2D eigenvalue weighted by atomic mass is 35.5. The number of likely N-dealkylation sites (N-methyl/N-ethyl adjacent to an activating group) is 1. The van der Waals surface area contributed by atoms with Crippen LogP contribution in [0.25, 0.3) is 44.2 Å². The van der Waals surface area contributed by atoms with Crippen LogP contribution in [0.1, 0.15) is 6.42 Å². The predicted molar refractivity (Wildman–Crippen MR) is 341 cm³/mol. The van der Waals surface area contributed by atoms with Gasteiger partial charge in [0, 0.05) is 141 Å². The van der Waals surface area contributed by atoms with E-state index >= 15 is 0 Å². The number of fused-ring (bicyclic) bond motifs is 2. The number of carbonyl (C=O) groups is 2. The number of hydrogen-bond donors (Lipinski definition) is 6. The number of guanidine groups is 2. The quantitative estimate of drug-likeness (QED) is 0.0188. The molecule has 6 aromatic rings. The molecule has 87 heavy (non-hydrogen) atoms. The van der Waals surface area contributed by atoms with Gasteiger partial charge in [-0.25, -0.2) is 19.9 Å². The van der Waals surface area contributed by atoms with Gasteiger partial charge in [-0.15, -0.1) is 0 Å². The molecule has 0 bridgehead atoms. The summed E-state index contributed by atoms with van der Waals surface area (Å²) >= 11 is 13.0. The predicted octanol–water partition coefficient (Wildman–Crippen LogP) is 3.62. The van der Waals surface area contributed by atoms with Crippen LogP contribution in [0.4, 0.5) is 23.3 Å². The number of rotatable bonds is 35. The lowest BCUT2D eigenvalue weighted by Crippen LogP contribution is -2.47. The van der Waals surface area contributed by atoms with Crippen LogP contribution in [-0.2, 0) is 38.0 Å². The summed E-state index contributed by atoms with van der Waals surface area (Å²) in [6.07, 6.45) is 2.49. The summed E-state index contributed by atoms with van der Waals surface area (Å²) in [5.41, 5.74) is 29.4. The number of hydrogen-bond acceptors (Lipinski definition) is 19. The largest absolute Gasteiger partial charge is 0.380 e. The Bertz CT molecular complexity index is 3180. The SMILES string of the molecule is CN(CC(=O)NCCOCCOCCCOCCN1CCN(c2ccc(-c3c(Cl)ccc4nc(N=C(N)N)ncc34)cc2)CC1)CC(=O)NCCOCCOCCOCCN1CCN(c2ccc(-c3nc(N=C(N)N)nc4ccc(Cl)cc34)cc2)CC1. The monoisotopic (exact) mass is 1240 g/mol. The van der Waals surface area contributed by atoms with E-state index in [0.717, 1.165) is 111 Å². The number of anilines is 2. The number of carbonyl (C=O) groups excluding carboxylic acids is 2. The lowest BCUT2D eigenvalue weighted by molar-refractivity contribution is -0.124. The van der Waals surface area contributed by atoms with Gasteiger partial charge in [0.15, 0.2) is 11.9 Å². The molecule has 0 unspecified atom stereocenters. The Morgan fingerprint density at radius 2 is 1.00 bits per heavy atom. The van der Waals surface area contributed by atoms with Gasteiger partial charge in [-0.1, -0.05) is 47.5 Å². The van der Waals surface area contributed by atoms with Crippen LogP contribution < -0.4 is 43.4 Å². The van der Waals surface area contributed by atoms with Crippen molar-refractivity contribution in [2.75, 3.05) is 188 Å². The molecule has 25 nitrogen and oxygen atoms in total. The van der Waals surface area contributed by atoms with Crippen molar-refractivity contribution in [2.45, 2.75) is 6.42 Å². The van der Waals surface area contributed by atoms with Crippen LogP contribution in [0, 0.1) is 0 Å². The third kappa shape index (κ3) is 21.6. The van der Waals surface area contributed by atoms with Gasteiger partial charge >= 0.3 is 0 Å². The molecule has 0 atom stereocenters. The second-order valence-corrected chi connectivity index (χ2v) is 21.6. The Kier molecular flexibility index (Phi) is 26.5. The average Bonchev–Trinajstić information content (AvgIpc) is 1.69. The molecule has 468 valence electrons. The van der Waals surface area contributed by atoms with Gasteiger partial charge in [0.05, 0.1) is 95.9 Å². The maximum Gasteiger partial charge on any atom is 0.253 e. The third-order valence-corrected chi connectivity index (χ3v) is 14.9. The van der Waals surface area contributed by atoms with Crippen molar-refractivity contribution >= 4 is 92.0 Å². The first-order valence-corrected chi connectivity index (χ1v) is 30.1. The second kappa shape index (κ2) is 35.0. The minimum absolute atomic E-state index is 0.0811. The molecule has 2 saturated heterocycles. The molecule has 2 fully saturated rings. The number of aliphatic imine (C=N–C) groups is 2. The van der Waals surface area contributed by atoms with E-state index in [-0.39, 0.29) is 48.7 Å². The first kappa shape index (κ1) is 65.8. The minimum Gasteiger partial charge on any atom is -0.380 e. The summed E-state index contributed by atoms with van der Waals surface area (Å²) in [6, 6.07) is 25.8. The maximum absolute atomic E-state index is 12.4. The van der Waals surface area contributed by atoms with E-state index in [1.807, 2.05) is 36.4 Å². The summed E-state index contributed by atoms with van der Waals surface area (Å²) in [7, 11) is 1.72. The number of piperazine rings is 2. The molecule has 2 aliphatic rings. The van der Waals surface area contributed by atoms with Gasteiger partial charge in [0.2, 0.25) is 11.8 Å². The third-order valence-electron chi connectivity index (χ3n) is 14.3. The smallest absolute Gasteiger partial charge is 0.253 e. The molecule has 8 rings (SSSR count). The fourth-order valence-corrected chi connectivity index (χ4v) is 10.4. The summed E-state index contributed by atoms with van der Waals surface area (Å²) in [6.45, 7) is 15.9.